The van der Waals surface area contributed by atoms with Gasteiger partial charge in [-0.2, -0.15) is 0 Å². The lowest BCUT2D eigenvalue weighted by Crippen LogP contribution is -2.27. The molecular weight excluding hydrogens is 434 g/mol. The third kappa shape index (κ3) is 5.30. The van der Waals surface area contributed by atoms with E-state index in [0.29, 0.717) is 41.1 Å². The number of aromatic nitrogens is 2. The number of anilines is 1. The van der Waals surface area contributed by atoms with Crippen molar-refractivity contribution in [1.29, 1.82) is 0 Å². The molecule has 1 aromatic heterocycles. The number of imidazole rings is 1. The Morgan fingerprint density at radius 1 is 1.14 bits per heavy atom. The first kappa shape index (κ1) is 21.6. The van der Waals surface area contributed by atoms with Gasteiger partial charge in [-0.1, -0.05) is 11.6 Å². The van der Waals surface area contributed by atoms with E-state index in [1.54, 1.807) is 24.4 Å². The molecule has 29 heavy (non-hydrogen) atoms. The van der Waals surface area contributed by atoms with E-state index in [4.69, 9.17) is 34.8 Å². The quantitative estimate of drug-likeness (QED) is 0.309. The van der Waals surface area contributed by atoms with Crippen LogP contribution in [0.1, 0.15) is 11.4 Å². The van der Waals surface area contributed by atoms with Crippen LogP contribution in [0.5, 0.6) is 0 Å². The molecule has 0 N–H and O–H groups in total. The highest BCUT2D eigenvalue weighted by atomic mass is 35.5. The zero-order valence-electron chi connectivity index (χ0n) is 15.8. The Bertz CT molecular complexity index is 997. The molecule has 0 aliphatic carbocycles. The second-order valence-corrected chi connectivity index (χ2v) is 7.50. The fraction of sp³-hybridized carbons (Fsp3) is 0.238. The van der Waals surface area contributed by atoms with E-state index in [2.05, 4.69) is 9.98 Å². The summed E-state index contributed by atoms with van der Waals surface area (Å²) in [5.41, 5.74) is 2.54. The summed E-state index contributed by atoms with van der Waals surface area (Å²) < 4.78 is 16.6. The van der Waals surface area contributed by atoms with Crippen LogP contribution in [0, 0.1) is 12.7 Å². The summed E-state index contributed by atoms with van der Waals surface area (Å²) in [4.78, 5) is 10.7. The standard InChI is InChI=1S/C21H20Cl3FN4/c1-15-26-8-11-29(15)21-5-3-17(24)12-20(21)27-14-16-2-4-18(13-19(16)25)28(9-6-22)10-7-23/h2-5,8,11-14H,6-7,9-10H2,1H3. The highest BCUT2D eigenvalue weighted by Crippen LogP contribution is 2.28. The minimum atomic E-state index is -0.372. The lowest BCUT2D eigenvalue weighted by molar-refractivity contribution is 0.625. The number of aryl methyl sites for hydroxylation is 1. The van der Waals surface area contributed by atoms with Crippen LogP contribution < -0.4 is 4.90 Å². The molecule has 0 saturated heterocycles. The number of benzene rings is 2. The molecule has 3 rings (SSSR count). The van der Waals surface area contributed by atoms with Crippen molar-refractivity contribution in [3.8, 4) is 5.69 Å². The van der Waals surface area contributed by atoms with E-state index in [-0.39, 0.29) is 5.82 Å². The summed E-state index contributed by atoms with van der Waals surface area (Å²) in [5, 5.41) is 0.548. The monoisotopic (exact) mass is 452 g/mol. The predicted octanol–water partition coefficient (Wildman–Crippen LogP) is 6.01. The SMILES string of the molecule is Cc1nccn1-c1ccc(Cl)cc1N=Cc1ccc(N(CCCl)CCCl)cc1F. The molecule has 0 amide bonds. The van der Waals surface area contributed by atoms with Gasteiger partial charge in [0.2, 0.25) is 0 Å². The molecule has 0 saturated carbocycles. The van der Waals surface area contributed by atoms with Crippen LogP contribution in [-0.2, 0) is 0 Å². The summed E-state index contributed by atoms with van der Waals surface area (Å²) in [6.07, 6.45) is 5.05. The minimum Gasteiger partial charge on any atom is -0.369 e. The Morgan fingerprint density at radius 2 is 1.90 bits per heavy atom. The Labute approximate surface area is 184 Å². The van der Waals surface area contributed by atoms with Crippen LogP contribution in [0.4, 0.5) is 15.8 Å². The molecule has 3 aromatic rings. The second-order valence-electron chi connectivity index (χ2n) is 6.31. The first-order valence-electron chi connectivity index (χ1n) is 9.04. The van der Waals surface area contributed by atoms with Gasteiger partial charge in [0.25, 0.3) is 0 Å². The molecule has 152 valence electrons. The van der Waals surface area contributed by atoms with Gasteiger partial charge in [-0.3, -0.25) is 4.99 Å². The number of hydrogen-bond donors (Lipinski definition) is 0. The highest BCUT2D eigenvalue weighted by molar-refractivity contribution is 6.31. The third-order valence-electron chi connectivity index (χ3n) is 4.42. The highest BCUT2D eigenvalue weighted by Gasteiger charge is 2.10. The van der Waals surface area contributed by atoms with Crippen molar-refractivity contribution in [1.82, 2.24) is 9.55 Å². The Balaban J connectivity index is 1.91. The maximum atomic E-state index is 14.7. The molecule has 4 nitrogen and oxygen atoms in total. The number of alkyl halides is 2. The lowest BCUT2D eigenvalue weighted by atomic mass is 10.2. The van der Waals surface area contributed by atoms with Gasteiger partial charge in [-0.05, 0) is 43.3 Å². The largest absolute Gasteiger partial charge is 0.369 e. The van der Waals surface area contributed by atoms with Gasteiger partial charge < -0.3 is 9.47 Å². The van der Waals surface area contributed by atoms with Gasteiger partial charge >= 0.3 is 0 Å². The van der Waals surface area contributed by atoms with Crippen molar-refractivity contribution in [3.05, 3.63) is 71.0 Å². The molecule has 0 unspecified atom stereocenters. The van der Waals surface area contributed by atoms with Crippen LogP contribution >= 0.6 is 34.8 Å². The number of hydrogen-bond acceptors (Lipinski definition) is 3. The molecule has 0 aliphatic rings. The number of aliphatic imine (C=N–C) groups is 1. The summed E-state index contributed by atoms with van der Waals surface area (Å²) >= 11 is 17.8. The minimum absolute atomic E-state index is 0.372. The Hall–Kier alpha value is -2.08. The van der Waals surface area contributed by atoms with E-state index < -0.39 is 0 Å². The zero-order valence-corrected chi connectivity index (χ0v) is 18.1. The molecule has 1 heterocycles. The fourth-order valence-electron chi connectivity index (χ4n) is 2.97. The molecule has 2 aromatic carbocycles. The third-order valence-corrected chi connectivity index (χ3v) is 5.00. The van der Waals surface area contributed by atoms with Crippen LogP contribution in [0.25, 0.3) is 5.69 Å². The van der Waals surface area contributed by atoms with E-state index >= 15 is 0 Å². The van der Waals surface area contributed by atoms with Crippen LogP contribution in [-0.4, -0.2) is 40.6 Å². The molecular formula is C21H20Cl3FN4. The van der Waals surface area contributed by atoms with E-state index in [9.17, 15) is 4.39 Å². The van der Waals surface area contributed by atoms with Crippen LogP contribution in [0.15, 0.2) is 53.8 Å². The van der Waals surface area contributed by atoms with Crippen molar-refractivity contribution >= 4 is 52.4 Å². The smallest absolute Gasteiger partial charge is 0.134 e. The maximum Gasteiger partial charge on any atom is 0.134 e. The lowest BCUT2D eigenvalue weighted by Gasteiger charge is -2.23. The Kier molecular flexibility index (Phi) is 7.53. The van der Waals surface area contributed by atoms with Gasteiger partial charge in [0, 0.05) is 59.7 Å². The van der Waals surface area contributed by atoms with Gasteiger partial charge in [-0.15, -0.1) is 23.2 Å². The second kappa shape index (κ2) is 10.1. The zero-order chi connectivity index (χ0) is 20.8. The van der Waals surface area contributed by atoms with E-state index in [1.165, 1.54) is 12.3 Å². The van der Waals surface area contributed by atoms with Gasteiger partial charge in [-0.25, -0.2) is 9.37 Å². The van der Waals surface area contributed by atoms with Crippen molar-refractivity contribution in [2.75, 3.05) is 29.7 Å². The maximum absolute atomic E-state index is 14.7. The van der Waals surface area contributed by atoms with Crippen molar-refractivity contribution in [2.24, 2.45) is 4.99 Å². The first-order valence-corrected chi connectivity index (χ1v) is 10.5. The van der Waals surface area contributed by atoms with Crippen molar-refractivity contribution in [2.45, 2.75) is 6.92 Å². The van der Waals surface area contributed by atoms with Gasteiger partial charge in [0.15, 0.2) is 0 Å². The number of rotatable bonds is 8. The first-order chi connectivity index (χ1) is 14.0. The fourth-order valence-corrected chi connectivity index (χ4v) is 3.54. The molecule has 0 atom stereocenters. The van der Waals surface area contributed by atoms with Gasteiger partial charge in [0.05, 0.1) is 11.4 Å². The molecule has 0 spiro atoms. The molecule has 8 heteroatoms. The summed E-state index contributed by atoms with van der Waals surface area (Å²) in [6.45, 7) is 3.09. The molecule has 0 radical (unpaired) electrons. The van der Waals surface area contributed by atoms with Crippen molar-refractivity contribution in [3.63, 3.8) is 0 Å². The normalized spacial score (nSPS) is 11.3. The van der Waals surface area contributed by atoms with E-state index in [1.807, 2.05) is 34.7 Å². The van der Waals surface area contributed by atoms with Gasteiger partial charge in [0.1, 0.15) is 11.6 Å². The molecule has 0 bridgehead atoms. The predicted molar refractivity (Wildman–Crippen MR) is 121 cm³/mol. The van der Waals surface area contributed by atoms with Crippen LogP contribution in [0.2, 0.25) is 5.02 Å². The Morgan fingerprint density at radius 3 is 2.52 bits per heavy atom. The van der Waals surface area contributed by atoms with Crippen molar-refractivity contribution < 1.29 is 4.39 Å². The summed E-state index contributed by atoms with van der Waals surface area (Å²) in [5.74, 6) is 1.32. The molecule has 0 fully saturated rings. The topological polar surface area (TPSA) is 33.4 Å². The number of halogens is 4. The number of nitrogens with zero attached hydrogens (tertiary/aromatic N) is 4. The van der Waals surface area contributed by atoms with E-state index in [0.717, 1.165) is 17.2 Å². The summed E-state index contributed by atoms with van der Waals surface area (Å²) in [6, 6.07) is 10.4. The average Bonchev–Trinajstić information content (AvgIpc) is 3.12. The van der Waals surface area contributed by atoms with Crippen LogP contribution in [0.3, 0.4) is 0 Å². The molecule has 0 aliphatic heterocycles. The average molecular weight is 454 g/mol. The summed E-state index contributed by atoms with van der Waals surface area (Å²) in [7, 11) is 0.